The van der Waals surface area contributed by atoms with Crippen LogP contribution in [0.5, 0.6) is 0 Å². The van der Waals surface area contributed by atoms with Gasteiger partial charge in [-0.3, -0.25) is 4.79 Å². The molecule has 0 heterocycles. The molecule has 0 amide bonds. The SMILES string of the molecule is CCCCCCCC(C(=O)O)c1ccc(Br)cc1. The van der Waals surface area contributed by atoms with E-state index in [1.807, 2.05) is 24.3 Å². The second kappa shape index (κ2) is 8.30. The number of carboxylic acids is 1. The van der Waals surface area contributed by atoms with E-state index in [0.29, 0.717) is 0 Å². The highest BCUT2D eigenvalue weighted by molar-refractivity contribution is 9.10. The van der Waals surface area contributed by atoms with Gasteiger partial charge in [-0.15, -0.1) is 0 Å². The van der Waals surface area contributed by atoms with Crippen LogP contribution in [0, 0.1) is 0 Å². The predicted molar refractivity (Wildman–Crippen MR) is 77.9 cm³/mol. The summed E-state index contributed by atoms with van der Waals surface area (Å²) in [4.78, 5) is 11.3. The van der Waals surface area contributed by atoms with E-state index in [1.165, 1.54) is 19.3 Å². The fraction of sp³-hybridized carbons (Fsp3) is 0.533. The van der Waals surface area contributed by atoms with Crippen molar-refractivity contribution in [2.45, 2.75) is 51.4 Å². The number of unbranched alkanes of at least 4 members (excludes halogenated alkanes) is 4. The maximum absolute atomic E-state index is 11.3. The molecule has 100 valence electrons. The third kappa shape index (κ3) is 5.21. The van der Waals surface area contributed by atoms with Crippen LogP contribution in [0.2, 0.25) is 0 Å². The maximum atomic E-state index is 11.3. The van der Waals surface area contributed by atoms with Crippen molar-refractivity contribution in [3.8, 4) is 0 Å². The quantitative estimate of drug-likeness (QED) is 0.687. The summed E-state index contributed by atoms with van der Waals surface area (Å²) < 4.78 is 0.985. The van der Waals surface area contributed by atoms with Gasteiger partial charge in [0.05, 0.1) is 5.92 Å². The lowest BCUT2D eigenvalue weighted by Crippen LogP contribution is -2.11. The normalized spacial score (nSPS) is 12.3. The van der Waals surface area contributed by atoms with Gasteiger partial charge in [0.1, 0.15) is 0 Å². The summed E-state index contributed by atoms with van der Waals surface area (Å²) in [5.41, 5.74) is 0.904. The van der Waals surface area contributed by atoms with Gasteiger partial charge < -0.3 is 5.11 Å². The Hall–Kier alpha value is -0.830. The third-order valence-corrected chi connectivity index (χ3v) is 3.70. The van der Waals surface area contributed by atoms with Crippen LogP contribution in [0.4, 0.5) is 0 Å². The molecule has 0 spiro atoms. The van der Waals surface area contributed by atoms with Crippen LogP contribution in [0.25, 0.3) is 0 Å². The monoisotopic (exact) mass is 312 g/mol. The summed E-state index contributed by atoms with van der Waals surface area (Å²) in [6.45, 7) is 2.18. The number of benzene rings is 1. The first-order valence-corrected chi connectivity index (χ1v) is 7.42. The number of carboxylic acid groups (broad SMARTS) is 1. The minimum Gasteiger partial charge on any atom is -0.481 e. The topological polar surface area (TPSA) is 37.3 Å². The van der Waals surface area contributed by atoms with Gasteiger partial charge in [0.15, 0.2) is 0 Å². The molecule has 0 radical (unpaired) electrons. The van der Waals surface area contributed by atoms with E-state index in [4.69, 9.17) is 0 Å². The van der Waals surface area contributed by atoms with Crippen LogP contribution in [-0.4, -0.2) is 11.1 Å². The molecule has 18 heavy (non-hydrogen) atoms. The summed E-state index contributed by atoms with van der Waals surface area (Å²) in [7, 11) is 0. The molecular formula is C15H21BrO2. The van der Waals surface area contributed by atoms with E-state index >= 15 is 0 Å². The van der Waals surface area contributed by atoms with Crippen molar-refractivity contribution in [3.63, 3.8) is 0 Å². The van der Waals surface area contributed by atoms with Gasteiger partial charge in [0.25, 0.3) is 0 Å². The first-order valence-electron chi connectivity index (χ1n) is 6.63. The Kier molecular flexibility index (Phi) is 7.02. The number of halogens is 1. The smallest absolute Gasteiger partial charge is 0.310 e. The molecule has 0 aliphatic rings. The number of hydrogen-bond donors (Lipinski definition) is 1. The molecule has 0 aliphatic carbocycles. The Balaban J connectivity index is 2.50. The van der Waals surface area contributed by atoms with Gasteiger partial charge in [0.2, 0.25) is 0 Å². The fourth-order valence-corrected chi connectivity index (χ4v) is 2.34. The molecule has 0 aromatic heterocycles. The van der Waals surface area contributed by atoms with Gasteiger partial charge in [-0.05, 0) is 24.1 Å². The van der Waals surface area contributed by atoms with Crippen molar-refractivity contribution in [3.05, 3.63) is 34.3 Å². The molecule has 1 rings (SSSR count). The maximum Gasteiger partial charge on any atom is 0.310 e. The third-order valence-electron chi connectivity index (χ3n) is 3.17. The van der Waals surface area contributed by atoms with E-state index in [2.05, 4.69) is 22.9 Å². The van der Waals surface area contributed by atoms with Crippen molar-refractivity contribution in [2.75, 3.05) is 0 Å². The molecule has 0 bridgehead atoms. The first-order chi connectivity index (χ1) is 8.65. The average Bonchev–Trinajstić information content (AvgIpc) is 2.35. The number of carbonyl (C=O) groups is 1. The Morgan fingerprint density at radius 2 is 1.78 bits per heavy atom. The lowest BCUT2D eigenvalue weighted by molar-refractivity contribution is -0.139. The average molecular weight is 313 g/mol. The van der Waals surface area contributed by atoms with Crippen LogP contribution in [0.3, 0.4) is 0 Å². The minimum absolute atomic E-state index is 0.361. The van der Waals surface area contributed by atoms with E-state index in [9.17, 15) is 9.90 Å². The van der Waals surface area contributed by atoms with Gasteiger partial charge >= 0.3 is 5.97 Å². The second-order valence-corrected chi connectivity index (χ2v) is 5.56. The van der Waals surface area contributed by atoms with Crippen LogP contribution >= 0.6 is 15.9 Å². The largest absolute Gasteiger partial charge is 0.481 e. The molecule has 0 aliphatic heterocycles. The molecular weight excluding hydrogens is 292 g/mol. The molecule has 1 N–H and O–H groups in total. The Labute approximate surface area is 118 Å². The summed E-state index contributed by atoms with van der Waals surface area (Å²) in [5, 5.41) is 9.29. The van der Waals surface area contributed by atoms with E-state index in [-0.39, 0.29) is 5.92 Å². The Bertz CT molecular complexity index is 359. The van der Waals surface area contributed by atoms with Crippen molar-refractivity contribution < 1.29 is 9.90 Å². The molecule has 0 saturated heterocycles. The molecule has 2 nitrogen and oxygen atoms in total. The number of hydrogen-bond acceptors (Lipinski definition) is 1. The fourth-order valence-electron chi connectivity index (χ4n) is 2.08. The Morgan fingerprint density at radius 3 is 2.33 bits per heavy atom. The van der Waals surface area contributed by atoms with Crippen LogP contribution in [0.15, 0.2) is 28.7 Å². The van der Waals surface area contributed by atoms with E-state index in [0.717, 1.165) is 29.3 Å². The Morgan fingerprint density at radius 1 is 1.17 bits per heavy atom. The number of rotatable bonds is 8. The van der Waals surface area contributed by atoms with Crippen LogP contribution in [-0.2, 0) is 4.79 Å². The highest BCUT2D eigenvalue weighted by Crippen LogP contribution is 2.24. The summed E-state index contributed by atoms with van der Waals surface area (Å²) in [6.07, 6.45) is 6.54. The van der Waals surface area contributed by atoms with E-state index in [1.54, 1.807) is 0 Å². The van der Waals surface area contributed by atoms with Crippen LogP contribution in [0.1, 0.15) is 56.9 Å². The zero-order valence-corrected chi connectivity index (χ0v) is 12.4. The summed E-state index contributed by atoms with van der Waals surface area (Å²) in [6, 6.07) is 7.61. The molecule has 1 atom stereocenters. The molecule has 1 aromatic carbocycles. The molecule has 1 unspecified atom stereocenters. The highest BCUT2D eigenvalue weighted by Gasteiger charge is 2.18. The van der Waals surface area contributed by atoms with Crippen molar-refractivity contribution in [1.82, 2.24) is 0 Å². The zero-order valence-electron chi connectivity index (χ0n) is 10.9. The van der Waals surface area contributed by atoms with Crippen molar-refractivity contribution >= 4 is 21.9 Å². The van der Waals surface area contributed by atoms with Crippen molar-refractivity contribution in [1.29, 1.82) is 0 Å². The molecule has 0 saturated carbocycles. The molecule has 3 heteroatoms. The van der Waals surface area contributed by atoms with Crippen LogP contribution < -0.4 is 0 Å². The van der Waals surface area contributed by atoms with Gasteiger partial charge in [-0.2, -0.15) is 0 Å². The summed E-state index contributed by atoms with van der Waals surface area (Å²) >= 11 is 3.37. The lowest BCUT2D eigenvalue weighted by Gasteiger charge is -2.12. The number of aliphatic carboxylic acids is 1. The molecule has 1 aromatic rings. The highest BCUT2D eigenvalue weighted by atomic mass is 79.9. The first kappa shape index (κ1) is 15.2. The van der Waals surface area contributed by atoms with Gasteiger partial charge in [-0.25, -0.2) is 0 Å². The van der Waals surface area contributed by atoms with Gasteiger partial charge in [-0.1, -0.05) is 67.1 Å². The van der Waals surface area contributed by atoms with Crippen molar-refractivity contribution in [2.24, 2.45) is 0 Å². The second-order valence-electron chi connectivity index (χ2n) is 4.65. The minimum atomic E-state index is -0.715. The van der Waals surface area contributed by atoms with E-state index < -0.39 is 5.97 Å². The predicted octanol–water partition coefficient (Wildman–Crippen LogP) is 4.98. The summed E-state index contributed by atoms with van der Waals surface area (Å²) in [5.74, 6) is -1.08. The standard InChI is InChI=1S/C15H21BrO2/c1-2-3-4-5-6-7-14(15(17)18)12-8-10-13(16)11-9-12/h8-11,14H,2-7H2,1H3,(H,17,18). The van der Waals surface area contributed by atoms with Gasteiger partial charge in [0, 0.05) is 4.47 Å². The molecule has 0 fully saturated rings. The zero-order chi connectivity index (χ0) is 13.4. The lowest BCUT2D eigenvalue weighted by atomic mass is 9.93.